The van der Waals surface area contributed by atoms with E-state index in [0.29, 0.717) is 11.3 Å². The molecule has 3 rings (SSSR count). The van der Waals surface area contributed by atoms with Crippen LogP contribution >= 0.6 is 0 Å². The molecule has 0 spiro atoms. The number of carbonyl (C=O) groups is 2. The molecule has 6 heteroatoms. The topological polar surface area (TPSA) is 69.6 Å². The van der Waals surface area contributed by atoms with Crippen LogP contribution < -0.4 is 5.32 Å². The van der Waals surface area contributed by atoms with Crippen molar-refractivity contribution < 1.29 is 19.1 Å². The molecule has 122 valence electrons. The summed E-state index contributed by atoms with van der Waals surface area (Å²) in [6.45, 7) is -0.323. The molecule has 2 N–H and O–H groups in total. The standard InChI is InChI=1S/C18H15FN2O3/c19-14-5-1-3-12(9-14)13-4-2-6-15(10-13)20-16-11-17(23)21(7-8-22)18(16)24/h1-6,9-11,20,22H,7-8H2. The van der Waals surface area contributed by atoms with E-state index in [2.05, 4.69) is 5.32 Å². The Labute approximate surface area is 138 Å². The fourth-order valence-corrected chi connectivity index (χ4v) is 2.51. The molecule has 1 aliphatic heterocycles. The predicted molar refractivity (Wildman–Crippen MR) is 87.3 cm³/mol. The van der Waals surface area contributed by atoms with Crippen molar-refractivity contribution >= 4 is 17.5 Å². The van der Waals surface area contributed by atoms with Gasteiger partial charge in [0.2, 0.25) is 0 Å². The van der Waals surface area contributed by atoms with Crippen molar-refractivity contribution in [1.29, 1.82) is 0 Å². The molecule has 0 bridgehead atoms. The summed E-state index contributed by atoms with van der Waals surface area (Å²) >= 11 is 0. The van der Waals surface area contributed by atoms with E-state index in [9.17, 15) is 14.0 Å². The Kier molecular flexibility index (Phi) is 4.39. The molecule has 0 saturated carbocycles. The molecule has 2 amide bonds. The predicted octanol–water partition coefficient (Wildman–Crippen LogP) is 2.15. The highest BCUT2D eigenvalue weighted by Crippen LogP contribution is 2.25. The second kappa shape index (κ2) is 6.64. The summed E-state index contributed by atoms with van der Waals surface area (Å²) < 4.78 is 13.4. The summed E-state index contributed by atoms with van der Waals surface area (Å²) in [6.07, 6.45) is 1.20. The minimum absolute atomic E-state index is 0.0390. The van der Waals surface area contributed by atoms with Gasteiger partial charge in [0.25, 0.3) is 11.8 Å². The maximum Gasteiger partial charge on any atom is 0.277 e. The molecule has 1 heterocycles. The lowest BCUT2D eigenvalue weighted by Crippen LogP contribution is -2.34. The maximum atomic E-state index is 13.4. The molecule has 0 aromatic heterocycles. The van der Waals surface area contributed by atoms with Crippen molar-refractivity contribution in [2.45, 2.75) is 0 Å². The third kappa shape index (κ3) is 3.18. The molecule has 1 aliphatic rings. The number of aliphatic hydroxyl groups excluding tert-OH is 1. The number of hydrogen-bond donors (Lipinski definition) is 2. The van der Waals surface area contributed by atoms with Crippen LogP contribution in [0.15, 0.2) is 60.3 Å². The maximum absolute atomic E-state index is 13.4. The third-order valence-corrected chi connectivity index (χ3v) is 3.63. The van der Waals surface area contributed by atoms with Crippen LogP contribution in [0.1, 0.15) is 0 Å². The van der Waals surface area contributed by atoms with Gasteiger partial charge >= 0.3 is 0 Å². The first kappa shape index (κ1) is 15.9. The molecule has 0 saturated heterocycles. The number of anilines is 1. The van der Waals surface area contributed by atoms with Crippen LogP contribution in [0.5, 0.6) is 0 Å². The number of β-amino-alcohol motifs (C(OH)–C–C–N with tert-alkyl or cyclic N) is 1. The Balaban J connectivity index is 1.82. The Morgan fingerprint density at radius 1 is 1.04 bits per heavy atom. The lowest BCUT2D eigenvalue weighted by atomic mass is 10.0. The van der Waals surface area contributed by atoms with Gasteiger partial charge in [-0.15, -0.1) is 0 Å². The Morgan fingerprint density at radius 3 is 2.46 bits per heavy atom. The molecule has 5 nitrogen and oxygen atoms in total. The van der Waals surface area contributed by atoms with Crippen LogP contribution in [0, 0.1) is 5.82 Å². The number of nitrogens with one attached hydrogen (secondary N) is 1. The van der Waals surface area contributed by atoms with Crippen molar-refractivity contribution in [2.75, 3.05) is 18.5 Å². The zero-order chi connectivity index (χ0) is 17.1. The summed E-state index contributed by atoms with van der Waals surface area (Å²) in [6, 6.07) is 13.3. The lowest BCUT2D eigenvalue weighted by Gasteiger charge is -2.13. The van der Waals surface area contributed by atoms with Crippen molar-refractivity contribution in [1.82, 2.24) is 4.90 Å². The van der Waals surface area contributed by atoms with Crippen LogP contribution in [-0.2, 0) is 9.59 Å². The zero-order valence-corrected chi connectivity index (χ0v) is 12.7. The molecular weight excluding hydrogens is 311 g/mol. The number of halogens is 1. The number of hydrogen-bond acceptors (Lipinski definition) is 4. The van der Waals surface area contributed by atoms with Crippen LogP contribution in [0.2, 0.25) is 0 Å². The van der Waals surface area contributed by atoms with E-state index in [1.807, 2.05) is 6.07 Å². The monoisotopic (exact) mass is 326 g/mol. The SMILES string of the molecule is O=C1C=C(Nc2cccc(-c3cccc(F)c3)c2)C(=O)N1CCO. The highest BCUT2D eigenvalue weighted by atomic mass is 19.1. The van der Waals surface area contributed by atoms with E-state index in [1.165, 1.54) is 18.2 Å². The lowest BCUT2D eigenvalue weighted by molar-refractivity contribution is -0.137. The Hall–Kier alpha value is -2.99. The molecule has 24 heavy (non-hydrogen) atoms. The van der Waals surface area contributed by atoms with E-state index in [0.717, 1.165) is 10.5 Å². The van der Waals surface area contributed by atoms with Gasteiger partial charge in [-0.3, -0.25) is 14.5 Å². The summed E-state index contributed by atoms with van der Waals surface area (Å²) in [5.74, 6) is -1.27. The van der Waals surface area contributed by atoms with Gasteiger partial charge in [0.05, 0.1) is 13.2 Å². The van der Waals surface area contributed by atoms with Crippen LogP contribution in [0.25, 0.3) is 11.1 Å². The van der Waals surface area contributed by atoms with E-state index >= 15 is 0 Å². The number of nitrogens with zero attached hydrogens (tertiary/aromatic N) is 1. The summed E-state index contributed by atoms with van der Waals surface area (Å²) in [7, 11) is 0. The first-order chi connectivity index (χ1) is 11.6. The molecule has 0 atom stereocenters. The van der Waals surface area contributed by atoms with E-state index < -0.39 is 11.8 Å². The second-order valence-electron chi connectivity index (χ2n) is 5.29. The Morgan fingerprint density at radius 2 is 1.75 bits per heavy atom. The minimum atomic E-state index is -0.481. The molecule has 0 aliphatic carbocycles. The molecule has 0 fully saturated rings. The van der Waals surface area contributed by atoms with Crippen molar-refractivity contribution in [3.63, 3.8) is 0 Å². The molecule has 0 unspecified atom stereocenters. The van der Waals surface area contributed by atoms with Gasteiger partial charge in [-0.05, 0) is 35.4 Å². The molecular formula is C18H15FN2O3. The first-order valence-corrected chi connectivity index (χ1v) is 7.40. The number of amides is 2. The largest absolute Gasteiger partial charge is 0.395 e. The number of imide groups is 1. The molecule has 2 aromatic carbocycles. The van der Waals surface area contributed by atoms with Crippen molar-refractivity contribution in [3.05, 3.63) is 66.1 Å². The minimum Gasteiger partial charge on any atom is -0.395 e. The average Bonchev–Trinajstić information content (AvgIpc) is 2.83. The highest BCUT2D eigenvalue weighted by Gasteiger charge is 2.30. The zero-order valence-electron chi connectivity index (χ0n) is 12.7. The number of rotatable bonds is 5. The number of benzene rings is 2. The van der Waals surface area contributed by atoms with Crippen molar-refractivity contribution in [3.8, 4) is 11.1 Å². The quantitative estimate of drug-likeness (QED) is 0.826. The number of carbonyl (C=O) groups excluding carboxylic acids is 2. The molecule has 0 radical (unpaired) electrons. The highest BCUT2D eigenvalue weighted by molar-refractivity contribution is 6.17. The fourth-order valence-electron chi connectivity index (χ4n) is 2.51. The Bertz CT molecular complexity index is 833. The van der Waals surface area contributed by atoms with Crippen LogP contribution in [-0.4, -0.2) is 35.0 Å². The molecule has 2 aromatic rings. The van der Waals surface area contributed by atoms with Gasteiger partial charge in [-0.1, -0.05) is 24.3 Å². The number of aliphatic hydroxyl groups is 1. The van der Waals surface area contributed by atoms with Crippen LogP contribution in [0.4, 0.5) is 10.1 Å². The fraction of sp³-hybridized carbons (Fsp3) is 0.111. The van der Waals surface area contributed by atoms with E-state index in [4.69, 9.17) is 5.11 Å². The first-order valence-electron chi connectivity index (χ1n) is 7.40. The van der Waals surface area contributed by atoms with E-state index in [1.54, 1.807) is 30.3 Å². The van der Waals surface area contributed by atoms with Gasteiger partial charge < -0.3 is 10.4 Å². The van der Waals surface area contributed by atoms with Gasteiger partial charge in [0.1, 0.15) is 11.5 Å². The normalized spacial score (nSPS) is 14.1. The smallest absolute Gasteiger partial charge is 0.277 e. The van der Waals surface area contributed by atoms with Gasteiger partial charge in [0, 0.05) is 11.8 Å². The second-order valence-corrected chi connectivity index (χ2v) is 5.29. The third-order valence-electron chi connectivity index (χ3n) is 3.63. The summed E-state index contributed by atoms with van der Waals surface area (Å²) in [4.78, 5) is 24.8. The summed E-state index contributed by atoms with van der Waals surface area (Å²) in [5.41, 5.74) is 2.24. The van der Waals surface area contributed by atoms with Crippen LogP contribution in [0.3, 0.4) is 0 Å². The van der Waals surface area contributed by atoms with Gasteiger partial charge in [-0.2, -0.15) is 0 Å². The van der Waals surface area contributed by atoms with Crippen molar-refractivity contribution in [2.24, 2.45) is 0 Å². The van der Waals surface area contributed by atoms with Gasteiger partial charge in [-0.25, -0.2) is 4.39 Å². The van der Waals surface area contributed by atoms with E-state index in [-0.39, 0.29) is 24.7 Å². The summed E-state index contributed by atoms with van der Waals surface area (Å²) in [5, 5.41) is 11.8. The van der Waals surface area contributed by atoms with Gasteiger partial charge in [0.15, 0.2) is 0 Å². The average molecular weight is 326 g/mol.